The number of nitrogen functional groups attached to an aromatic ring is 2. The van der Waals surface area contributed by atoms with Gasteiger partial charge >= 0.3 is 5.65 Å². The van der Waals surface area contributed by atoms with E-state index in [-0.39, 0.29) is 51.2 Å². The summed E-state index contributed by atoms with van der Waals surface area (Å²) in [6.45, 7) is -3.45. The average molecular weight is 1180 g/mol. The van der Waals surface area contributed by atoms with Crippen LogP contribution in [0.4, 0.5) is 17.7 Å². The molecule has 0 spiro atoms. The molecule has 0 aliphatic carbocycles. The van der Waals surface area contributed by atoms with Crippen molar-refractivity contribution in [1.82, 2.24) is 53.6 Å². The number of phosphoric acid groups is 4. The van der Waals surface area contributed by atoms with Gasteiger partial charge in [0.05, 0.1) is 39.5 Å². The van der Waals surface area contributed by atoms with Crippen LogP contribution in [0.5, 0.6) is 0 Å². The summed E-state index contributed by atoms with van der Waals surface area (Å²) in [7, 11) is -18.1. The quantitative estimate of drug-likeness (QED) is 0.0246. The first-order valence-electron chi connectivity index (χ1n) is 22.3. The highest BCUT2D eigenvalue weighted by atomic mass is 31.3. The minimum absolute atomic E-state index is 0.0243. The van der Waals surface area contributed by atoms with E-state index in [0.29, 0.717) is 0 Å². The monoisotopic (exact) mass is 1180 g/mol. The SMILES string of the molecule is CNc1ncnc2c1ncn2[C@@H]1O[C@H](COP(=O)([O-])OP(=O)([O-])OP(=O)([O-])OC[C@H]2O[C@@H]([n+]3cn(C)c4c(=O)[nH]c(N)nc43)C(OC)[C@H]2OC)C(OP(=O)([O-])OC[C@H]2O[C@@H](n3cnc4c(=O)[nH]c(N)nc43)[C@@H](O)C2O)[C@@H]1OC. The molecule has 0 bridgehead atoms. The maximum Gasteiger partial charge on any atom is 0.313 e. The fourth-order valence-electron chi connectivity index (χ4n) is 8.93. The van der Waals surface area contributed by atoms with Gasteiger partial charge in [-0.1, -0.05) is 4.98 Å². The van der Waals surface area contributed by atoms with Crippen LogP contribution in [0.15, 0.2) is 34.9 Å². The zero-order chi connectivity index (χ0) is 56.4. The number of nitrogens with zero attached hydrogens (tertiary/aromatic N) is 10. The molecule has 3 fully saturated rings. The maximum atomic E-state index is 13.6. The number of aliphatic hydroxyl groups is 2. The summed E-state index contributed by atoms with van der Waals surface area (Å²) in [4.78, 5) is 107. The van der Waals surface area contributed by atoms with Crippen molar-refractivity contribution in [1.29, 1.82) is 0 Å². The molecule has 0 saturated carbocycles. The van der Waals surface area contributed by atoms with Crippen molar-refractivity contribution in [3.8, 4) is 0 Å². The molecule has 3 aliphatic heterocycles. The highest BCUT2D eigenvalue weighted by Gasteiger charge is 2.52. The lowest BCUT2D eigenvalue weighted by Crippen LogP contribution is -2.47. The van der Waals surface area contributed by atoms with Gasteiger partial charge in [-0.3, -0.25) is 51.5 Å². The predicted molar refractivity (Wildman–Crippen MR) is 245 cm³/mol. The Morgan fingerprint density at radius 3 is 1.90 bits per heavy atom. The number of methoxy groups -OCH3 is 3. The lowest BCUT2D eigenvalue weighted by Gasteiger charge is -2.35. The first-order valence-corrected chi connectivity index (χ1v) is 28.2. The van der Waals surface area contributed by atoms with E-state index < -0.39 is 136 Å². The Kier molecular flexibility index (Phi) is 16.3. The summed E-state index contributed by atoms with van der Waals surface area (Å²) < 4.78 is 120. The molecule has 39 nitrogen and oxygen atoms in total. The van der Waals surface area contributed by atoms with E-state index in [1.165, 1.54) is 54.7 Å². The number of nitrogens with two attached hydrogens (primary N) is 2. The zero-order valence-corrected chi connectivity index (χ0v) is 44.2. The zero-order valence-electron chi connectivity index (χ0n) is 40.7. The number of hydrogen-bond acceptors (Lipinski definition) is 33. The Morgan fingerprint density at radius 1 is 0.692 bits per heavy atom. The summed E-state index contributed by atoms with van der Waals surface area (Å²) >= 11 is 0. The van der Waals surface area contributed by atoms with Crippen molar-refractivity contribution in [3.63, 3.8) is 0 Å². The van der Waals surface area contributed by atoms with Crippen molar-refractivity contribution in [2.75, 3.05) is 65.0 Å². The van der Waals surface area contributed by atoms with E-state index in [1.807, 2.05) is 0 Å². The molecule has 43 heteroatoms. The van der Waals surface area contributed by atoms with E-state index in [4.69, 9.17) is 58.0 Å². The van der Waals surface area contributed by atoms with Crippen LogP contribution in [0, 0.1) is 0 Å². The minimum atomic E-state index is -6.54. The third-order valence-electron chi connectivity index (χ3n) is 12.2. The number of fused-ring (bicyclic) bond motifs is 3. The molecule has 6 aromatic heterocycles. The first-order chi connectivity index (χ1) is 36.8. The van der Waals surface area contributed by atoms with Gasteiger partial charge in [0.2, 0.25) is 17.7 Å². The van der Waals surface area contributed by atoms with Crippen molar-refractivity contribution >= 4 is 82.5 Å². The normalized spacial score (nSPS) is 29.7. The van der Waals surface area contributed by atoms with Gasteiger partial charge in [0.1, 0.15) is 66.8 Å². The number of phosphoric ester groups is 3. The fourth-order valence-corrected chi connectivity index (χ4v) is 13.3. The number of aromatic amines is 2. The Balaban J connectivity index is 0.876. The van der Waals surface area contributed by atoms with E-state index in [9.17, 15) is 57.6 Å². The lowest BCUT2D eigenvalue weighted by molar-refractivity contribution is -0.746. The number of H-pyrrole nitrogens is 2. The predicted octanol–water partition coefficient (Wildman–Crippen LogP) is -5.47. The molecule has 9 rings (SSSR count). The van der Waals surface area contributed by atoms with Crippen LogP contribution >= 0.6 is 31.3 Å². The fraction of sp³-hybridized carbons (Fsp3) is 0.571. The molecule has 0 radical (unpaired) electrons. The van der Waals surface area contributed by atoms with E-state index in [1.54, 1.807) is 0 Å². The molecule has 3 aliphatic rings. The van der Waals surface area contributed by atoms with Crippen molar-refractivity contribution < 1.29 is 108 Å². The van der Waals surface area contributed by atoms with E-state index in [0.717, 1.165) is 24.3 Å². The Morgan fingerprint density at radius 2 is 1.26 bits per heavy atom. The van der Waals surface area contributed by atoms with Crippen molar-refractivity contribution in [3.05, 3.63) is 46.0 Å². The third-order valence-corrected chi connectivity index (χ3v) is 17.3. The number of anilines is 3. The summed E-state index contributed by atoms with van der Waals surface area (Å²) in [5, 5.41) is 24.5. The standard InChI is InChI=1S/C35H49N15O24P4/c1-38-25-16-26(40-9-39-25)48(10-41-16)32-24(65-5)22(72-75(55,56)66-6-13-19(51)20(52)31(69-13)49-11-42-17-27(49)43-34(36)45-29(17)53)15(71-32)8-68-77(59,60)74-78(61,62)73-76(57,58)67-7-14-21(63-3)23(64-4)33(70-14)50-12-47(2)18-28(50)44-35(37)46-30(18)54/h9-15,19-24,31-33,51-52H,6-8H2,1-5H3,(H10-,36,37,38,39,40,43,44,45,46,53,54,55,56,57,58,59,60,61,62)/p-3/t13-,14-,15-,19?,20+,21+,22?,23?,24+,31-,32-,33-/m1/s1. The highest BCUT2D eigenvalue weighted by Crippen LogP contribution is 2.63. The van der Waals surface area contributed by atoms with Crippen LogP contribution in [0.1, 0.15) is 18.7 Å². The molecule has 0 aromatic carbocycles. The lowest BCUT2D eigenvalue weighted by atomic mass is 10.1. The summed E-state index contributed by atoms with van der Waals surface area (Å²) in [6.07, 6.45) is -13.8. The number of aliphatic hydroxyl groups excluding tert-OH is 2. The van der Waals surface area contributed by atoms with E-state index in [2.05, 4.69) is 53.8 Å². The molecule has 9 heterocycles. The van der Waals surface area contributed by atoms with E-state index >= 15 is 0 Å². The largest absolute Gasteiger partial charge is 0.756 e. The molecule has 9 N–H and O–H groups in total. The molecular formula is C35H46N15O24P4-3. The minimum Gasteiger partial charge on any atom is -0.756 e. The second-order valence-corrected chi connectivity index (χ2v) is 22.9. The highest BCUT2D eigenvalue weighted by molar-refractivity contribution is 7.65. The Hall–Kier alpha value is -5.15. The van der Waals surface area contributed by atoms with Crippen LogP contribution in [0.3, 0.4) is 0 Å². The smallest absolute Gasteiger partial charge is 0.313 e. The molecular weight excluding hydrogens is 1140 g/mol. The molecule has 428 valence electrons. The number of hydrogen-bond donors (Lipinski definition) is 7. The first kappa shape index (κ1) is 57.5. The Labute approximate surface area is 434 Å². The van der Waals surface area contributed by atoms with Gasteiger partial charge < -0.3 is 93.1 Å². The summed E-state index contributed by atoms with van der Waals surface area (Å²) in [5.74, 6) is -0.340. The van der Waals surface area contributed by atoms with Gasteiger partial charge in [-0.05, 0) is 0 Å². The summed E-state index contributed by atoms with van der Waals surface area (Å²) in [6, 6.07) is 0. The number of nitrogens with one attached hydrogen (secondary N) is 3. The second kappa shape index (κ2) is 22.1. The molecule has 3 saturated heterocycles. The van der Waals surface area contributed by atoms with Gasteiger partial charge in [-0.15, -0.1) is 0 Å². The van der Waals surface area contributed by atoms with Crippen LogP contribution < -0.4 is 52.0 Å². The van der Waals surface area contributed by atoms with Crippen molar-refractivity contribution in [2.24, 2.45) is 7.05 Å². The van der Waals surface area contributed by atoms with Gasteiger partial charge in [0, 0.05) is 28.4 Å². The number of aryl methyl sites for hydroxylation is 1. The molecule has 16 atom stereocenters. The Bertz CT molecular complexity index is 3530. The molecule has 0 amide bonds. The average Bonchev–Trinajstić information content (AvgIpc) is 4.32. The number of imidazole rings is 3. The van der Waals surface area contributed by atoms with Crippen LogP contribution in [0.25, 0.3) is 33.5 Å². The van der Waals surface area contributed by atoms with Gasteiger partial charge in [-0.25, -0.2) is 33.1 Å². The van der Waals surface area contributed by atoms with Gasteiger partial charge in [-0.2, -0.15) is 4.98 Å². The molecule has 78 heavy (non-hydrogen) atoms. The van der Waals surface area contributed by atoms with Crippen LogP contribution in [0.2, 0.25) is 0 Å². The number of aromatic nitrogens is 12. The maximum absolute atomic E-state index is 13.6. The van der Waals surface area contributed by atoms with Crippen LogP contribution in [-0.4, -0.2) is 167 Å². The molecule has 6 aromatic rings. The number of ether oxygens (including phenoxy) is 6. The molecule has 7 unspecified atom stereocenters. The topological polar surface area (TPSA) is 538 Å². The van der Waals surface area contributed by atoms with Crippen molar-refractivity contribution in [2.45, 2.75) is 73.6 Å². The second-order valence-electron chi connectivity index (χ2n) is 17.0. The van der Waals surface area contributed by atoms with Gasteiger partial charge in [0.25, 0.3) is 48.4 Å². The third kappa shape index (κ3) is 11.4. The summed E-state index contributed by atoms with van der Waals surface area (Å²) in [5.41, 5.74) is 10.0. The van der Waals surface area contributed by atoms with Crippen LogP contribution in [-0.2, 0) is 80.4 Å². The van der Waals surface area contributed by atoms with Gasteiger partial charge in [0.15, 0.2) is 41.4 Å². The number of rotatable bonds is 22.